The number of aromatic carboxylic acids is 1. The maximum atomic E-state index is 13.0. The van der Waals surface area contributed by atoms with E-state index in [9.17, 15) is 14.7 Å². The van der Waals surface area contributed by atoms with Crippen LogP contribution in [0.4, 0.5) is 0 Å². The van der Waals surface area contributed by atoms with Crippen LogP contribution >= 0.6 is 0 Å². The van der Waals surface area contributed by atoms with E-state index < -0.39 is 5.97 Å². The number of rotatable bonds is 3. The summed E-state index contributed by atoms with van der Waals surface area (Å²) in [4.78, 5) is 26.2. The van der Waals surface area contributed by atoms with Crippen LogP contribution in [0.5, 0.6) is 5.75 Å². The third-order valence-corrected chi connectivity index (χ3v) is 4.58. The van der Waals surface area contributed by atoms with Crippen molar-refractivity contribution >= 4 is 11.9 Å². The van der Waals surface area contributed by atoms with Crippen molar-refractivity contribution in [3.05, 3.63) is 64.2 Å². The molecule has 2 aromatic carbocycles. The average Bonchev–Trinajstić information content (AvgIpc) is 2.91. The van der Waals surface area contributed by atoms with Gasteiger partial charge in [0, 0.05) is 12.1 Å². The molecule has 2 aromatic rings. The third-order valence-electron chi connectivity index (χ3n) is 4.58. The quantitative estimate of drug-likeness (QED) is 0.939. The van der Waals surface area contributed by atoms with Gasteiger partial charge in [0.25, 0.3) is 5.91 Å². The number of hydrogen-bond donors (Lipinski definition) is 1. The number of fused-ring (bicyclic) bond motifs is 1. The second-order valence-corrected chi connectivity index (χ2v) is 5.98. The van der Waals surface area contributed by atoms with Crippen molar-refractivity contribution in [1.82, 2.24) is 4.90 Å². The first-order chi connectivity index (χ1) is 11.4. The Morgan fingerprint density at radius 2 is 1.92 bits per heavy atom. The van der Waals surface area contributed by atoms with Crippen LogP contribution in [0.15, 0.2) is 36.4 Å². The van der Waals surface area contributed by atoms with Crippen molar-refractivity contribution in [3.8, 4) is 5.75 Å². The van der Waals surface area contributed by atoms with Crippen LogP contribution in [0.1, 0.15) is 50.4 Å². The number of hydrogen-bond acceptors (Lipinski definition) is 3. The third kappa shape index (κ3) is 2.52. The topological polar surface area (TPSA) is 66.8 Å². The molecule has 1 aliphatic rings. The molecule has 0 bridgehead atoms. The van der Waals surface area contributed by atoms with Gasteiger partial charge >= 0.3 is 5.97 Å². The molecule has 0 saturated carbocycles. The molecule has 0 radical (unpaired) electrons. The fourth-order valence-electron chi connectivity index (χ4n) is 3.22. The minimum Gasteiger partial charge on any atom is -0.496 e. The molecule has 1 aliphatic heterocycles. The average molecular weight is 325 g/mol. The summed E-state index contributed by atoms with van der Waals surface area (Å²) in [6, 6.07) is 10.9. The van der Waals surface area contributed by atoms with Crippen molar-refractivity contribution in [2.24, 2.45) is 0 Å². The van der Waals surface area contributed by atoms with E-state index in [1.165, 1.54) is 13.2 Å². The number of nitrogens with zero attached hydrogens (tertiary/aromatic N) is 1. The largest absolute Gasteiger partial charge is 0.496 e. The van der Waals surface area contributed by atoms with E-state index >= 15 is 0 Å². The van der Waals surface area contributed by atoms with Gasteiger partial charge in [0.2, 0.25) is 0 Å². The molecule has 0 spiro atoms. The molecule has 124 valence electrons. The summed E-state index contributed by atoms with van der Waals surface area (Å²) in [5, 5.41) is 9.35. The fraction of sp³-hybridized carbons (Fsp3) is 0.263. The Bertz CT molecular complexity index is 828. The summed E-state index contributed by atoms with van der Waals surface area (Å²) >= 11 is 0. The zero-order valence-corrected chi connectivity index (χ0v) is 13.9. The number of carboxylic acids is 1. The molecule has 24 heavy (non-hydrogen) atoms. The summed E-state index contributed by atoms with van der Waals surface area (Å²) in [5.41, 5.74) is 3.35. The maximum absolute atomic E-state index is 13.0. The number of carbonyl (C=O) groups is 2. The van der Waals surface area contributed by atoms with Gasteiger partial charge in [-0.1, -0.05) is 24.3 Å². The summed E-state index contributed by atoms with van der Waals surface area (Å²) in [6.07, 6.45) is 0. The van der Waals surface area contributed by atoms with Crippen LogP contribution in [0.3, 0.4) is 0 Å². The lowest BCUT2D eigenvalue weighted by Crippen LogP contribution is -2.29. The lowest BCUT2D eigenvalue weighted by molar-refractivity contribution is 0.0693. The SMILES string of the molecule is COc1cc(C)c(C(=O)N2Cc3ccccc3[C@@H]2C)cc1C(=O)O. The van der Waals surface area contributed by atoms with E-state index in [4.69, 9.17) is 4.74 Å². The summed E-state index contributed by atoms with van der Waals surface area (Å²) in [5.74, 6) is -1.02. The van der Waals surface area contributed by atoms with Gasteiger partial charge in [-0.25, -0.2) is 4.79 Å². The minimum absolute atomic E-state index is 0.00388. The number of ether oxygens (including phenoxy) is 1. The molecule has 5 nitrogen and oxygen atoms in total. The van der Waals surface area contributed by atoms with E-state index in [0.717, 1.165) is 11.1 Å². The Morgan fingerprint density at radius 3 is 2.54 bits per heavy atom. The highest BCUT2D eigenvalue weighted by Gasteiger charge is 2.32. The molecule has 1 atom stereocenters. The number of carboxylic acid groups (broad SMARTS) is 1. The zero-order valence-electron chi connectivity index (χ0n) is 13.9. The second-order valence-electron chi connectivity index (χ2n) is 5.98. The van der Waals surface area contributed by atoms with Crippen LogP contribution in [-0.4, -0.2) is 29.0 Å². The molecule has 0 saturated heterocycles. The highest BCUT2D eigenvalue weighted by molar-refractivity contribution is 6.00. The normalized spacial score (nSPS) is 16.0. The Labute approximate surface area is 140 Å². The molecule has 1 N–H and O–H groups in total. The highest BCUT2D eigenvalue weighted by Crippen LogP contribution is 2.35. The van der Waals surface area contributed by atoms with Crippen molar-refractivity contribution in [1.29, 1.82) is 0 Å². The molecule has 1 heterocycles. The lowest BCUT2D eigenvalue weighted by Gasteiger charge is -2.23. The summed E-state index contributed by atoms with van der Waals surface area (Å²) in [7, 11) is 1.42. The standard InChI is InChI=1S/C19H19NO4/c1-11-8-17(24-3)16(19(22)23)9-15(11)18(21)20-10-13-6-4-5-7-14(13)12(20)2/h4-9,12H,10H2,1-3H3,(H,22,23)/t12-/m0/s1. The van der Waals surface area contributed by atoms with Crippen LogP contribution in [-0.2, 0) is 6.54 Å². The number of aryl methyl sites for hydroxylation is 1. The van der Waals surface area contributed by atoms with Crippen LogP contribution in [0, 0.1) is 6.92 Å². The zero-order chi connectivity index (χ0) is 17.4. The van der Waals surface area contributed by atoms with Crippen molar-refractivity contribution < 1.29 is 19.4 Å². The molecule has 0 unspecified atom stereocenters. The molecule has 5 heteroatoms. The van der Waals surface area contributed by atoms with Crippen LogP contribution < -0.4 is 4.74 Å². The van der Waals surface area contributed by atoms with E-state index in [2.05, 4.69) is 0 Å². The van der Waals surface area contributed by atoms with E-state index in [1.807, 2.05) is 31.2 Å². The first kappa shape index (κ1) is 16.1. The van der Waals surface area contributed by atoms with Gasteiger partial charge in [-0.15, -0.1) is 0 Å². The second kappa shape index (κ2) is 6.00. The summed E-state index contributed by atoms with van der Waals surface area (Å²) in [6.45, 7) is 4.31. The number of methoxy groups -OCH3 is 1. The van der Waals surface area contributed by atoms with Gasteiger partial charge in [0.05, 0.1) is 13.2 Å². The Hall–Kier alpha value is -2.82. The maximum Gasteiger partial charge on any atom is 0.339 e. The molecule has 0 fully saturated rings. The molecule has 1 amide bonds. The monoisotopic (exact) mass is 325 g/mol. The Morgan fingerprint density at radius 1 is 1.21 bits per heavy atom. The van der Waals surface area contributed by atoms with Gasteiger partial charge in [-0.2, -0.15) is 0 Å². The highest BCUT2D eigenvalue weighted by atomic mass is 16.5. The molecule has 0 aromatic heterocycles. The van der Waals surface area contributed by atoms with Gasteiger partial charge in [-0.05, 0) is 42.7 Å². The molecule has 3 rings (SSSR count). The Kier molecular flexibility index (Phi) is 4.01. The molecule has 0 aliphatic carbocycles. The van der Waals surface area contributed by atoms with E-state index in [-0.39, 0.29) is 23.3 Å². The predicted octanol–water partition coefficient (Wildman–Crippen LogP) is 3.42. The predicted molar refractivity (Wildman–Crippen MR) is 89.4 cm³/mol. The van der Waals surface area contributed by atoms with Gasteiger partial charge in [0.1, 0.15) is 11.3 Å². The van der Waals surface area contributed by atoms with Gasteiger partial charge < -0.3 is 14.7 Å². The number of benzene rings is 2. The van der Waals surface area contributed by atoms with Gasteiger partial charge in [0.15, 0.2) is 0 Å². The van der Waals surface area contributed by atoms with Crippen LogP contribution in [0.25, 0.3) is 0 Å². The van der Waals surface area contributed by atoms with Crippen LogP contribution in [0.2, 0.25) is 0 Å². The summed E-state index contributed by atoms with van der Waals surface area (Å²) < 4.78 is 5.11. The first-order valence-corrected chi connectivity index (χ1v) is 7.74. The van der Waals surface area contributed by atoms with Gasteiger partial charge in [-0.3, -0.25) is 4.79 Å². The fourth-order valence-corrected chi connectivity index (χ4v) is 3.22. The van der Waals surface area contributed by atoms with E-state index in [1.54, 1.807) is 17.9 Å². The number of amides is 1. The van der Waals surface area contributed by atoms with Crippen molar-refractivity contribution in [2.75, 3.05) is 7.11 Å². The lowest BCUT2D eigenvalue weighted by atomic mass is 10.0. The first-order valence-electron chi connectivity index (χ1n) is 7.74. The Balaban J connectivity index is 2.00. The van der Waals surface area contributed by atoms with E-state index in [0.29, 0.717) is 17.7 Å². The number of carbonyl (C=O) groups excluding carboxylic acids is 1. The van der Waals surface area contributed by atoms with Crippen molar-refractivity contribution in [2.45, 2.75) is 26.4 Å². The molecular weight excluding hydrogens is 306 g/mol. The molecular formula is C19H19NO4. The minimum atomic E-state index is -1.11. The smallest absolute Gasteiger partial charge is 0.339 e. The van der Waals surface area contributed by atoms with Crippen molar-refractivity contribution in [3.63, 3.8) is 0 Å².